The Hall–Kier alpha value is -3.10. The smallest absolute Gasteiger partial charge is 0.238 e. The molecule has 3 aromatic heterocycles. The molecular formula is C21H22F2N6O. The van der Waals surface area contributed by atoms with Crippen LogP contribution in [0.3, 0.4) is 0 Å². The zero-order valence-corrected chi connectivity index (χ0v) is 16.4. The summed E-state index contributed by atoms with van der Waals surface area (Å²) in [7, 11) is 0. The van der Waals surface area contributed by atoms with Crippen molar-refractivity contribution in [2.45, 2.75) is 57.4 Å². The van der Waals surface area contributed by atoms with E-state index in [2.05, 4.69) is 19.9 Å². The number of hydrogen-bond donors (Lipinski definition) is 0. The second kappa shape index (κ2) is 7.62. The standard InChI is InChI=1S/C21H22F2N6O/c22-18(23)4-2-10-27-16-3-1-8-25-21(16)26-19(27)12-28-17-11-24-9-7-15(17)29(14-5-6-14)20(28)13-30/h1,3,7-9,11,13-14,18,20H,2,4-6,10,12H2. The van der Waals surface area contributed by atoms with Crippen LogP contribution in [0.4, 0.5) is 20.2 Å². The Labute approximate surface area is 172 Å². The maximum Gasteiger partial charge on any atom is 0.238 e. The highest BCUT2D eigenvalue weighted by atomic mass is 19.3. The minimum Gasteiger partial charge on any atom is -0.340 e. The van der Waals surface area contributed by atoms with Crippen LogP contribution in [0.15, 0.2) is 36.8 Å². The number of pyridine rings is 2. The first kappa shape index (κ1) is 18.9. The summed E-state index contributed by atoms with van der Waals surface area (Å²) in [5.41, 5.74) is 3.29. The lowest BCUT2D eigenvalue weighted by Gasteiger charge is -2.28. The molecule has 5 rings (SSSR count). The molecule has 1 aliphatic heterocycles. The summed E-state index contributed by atoms with van der Waals surface area (Å²) in [6.45, 7) is 0.796. The highest BCUT2D eigenvalue weighted by molar-refractivity contribution is 5.86. The summed E-state index contributed by atoms with van der Waals surface area (Å²) in [6.07, 6.45) is 5.69. The highest BCUT2D eigenvalue weighted by Crippen LogP contribution is 2.45. The van der Waals surface area contributed by atoms with E-state index >= 15 is 0 Å². The molecule has 0 amide bonds. The molecule has 0 saturated heterocycles. The van der Waals surface area contributed by atoms with Gasteiger partial charge < -0.3 is 14.4 Å². The maximum absolute atomic E-state index is 12.7. The van der Waals surface area contributed by atoms with Crippen LogP contribution < -0.4 is 9.80 Å². The van der Waals surface area contributed by atoms with Gasteiger partial charge in [0, 0.05) is 31.4 Å². The van der Waals surface area contributed by atoms with Gasteiger partial charge in [-0.05, 0) is 37.5 Å². The predicted molar refractivity (Wildman–Crippen MR) is 109 cm³/mol. The van der Waals surface area contributed by atoms with E-state index in [1.54, 1.807) is 18.6 Å². The molecule has 2 aliphatic rings. The zero-order valence-electron chi connectivity index (χ0n) is 16.4. The number of carbonyl (C=O) groups is 1. The molecule has 1 unspecified atom stereocenters. The Morgan fingerprint density at radius 2 is 2.07 bits per heavy atom. The summed E-state index contributed by atoms with van der Waals surface area (Å²) in [4.78, 5) is 29.5. The molecular weight excluding hydrogens is 390 g/mol. The molecule has 156 valence electrons. The first-order valence-corrected chi connectivity index (χ1v) is 10.2. The summed E-state index contributed by atoms with van der Waals surface area (Å²) in [5.74, 6) is 0.706. The van der Waals surface area contributed by atoms with E-state index in [4.69, 9.17) is 0 Å². The third kappa shape index (κ3) is 3.28. The second-order valence-electron chi connectivity index (χ2n) is 7.74. The number of anilines is 2. The molecule has 3 aromatic rings. The van der Waals surface area contributed by atoms with Gasteiger partial charge in [-0.2, -0.15) is 0 Å². The van der Waals surface area contributed by atoms with E-state index < -0.39 is 12.6 Å². The summed E-state index contributed by atoms with van der Waals surface area (Å²) in [6, 6.07) is 6.01. The van der Waals surface area contributed by atoms with Crippen LogP contribution in [-0.4, -0.2) is 44.4 Å². The van der Waals surface area contributed by atoms with Crippen LogP contribution in [0, 0.1) is 0 Å². The second-order valence-corrected chi connectivity index (χ2v) is 7.74. The minimum atomic E-state index is -2.33. The molecule has 1 saturated carbocycles. The quantitative estimate of drug-likeness (QED) is 0.529. The van der Waals surface area contributed by atoms with Gasteiger partial charge in [0.1, 0.15) is 5.82 Å². The number of rotatable bonds is 8. The van der Waals surface area contributed by atoms with E-state index in [9.17, 15) is 13.6 Å². The van der Waals surface area contributed by atoms with Crippen molar-refractivity contribution in [2.75, 3.05) is 9.80 Å². The van der Waals surface area contributed by atoms with Gasteiger partial charge in [0.05, 0.1) is 29.6 Å². The molecule has 7 nitrogen and oxygen atoms in total. The lowest BCUT2D eigenvalue weighted by atomic mass is 10.3. The van der Waals surface area contributed by atoms with Crippen LogP contribution in [0.1, 0.15) is 31.5 Å². The Balaban J connectivity index is 1.51. The van der Waals surface area contributed by atoms with E-state index in [0.29, 0.717) is 37.0 Å². The first-order valence-electron chi connectivity index (χ1n) is 10.2. The molecule has 9 heteroatoms. The number of aromatic nitrogens is 4. The lowest BCUT2D eigenvalue weighted by molar-refractivity contribution is -0.108. The number of imidazole rings is 1. The van der Waals surface area contributed by atoms with Gasteiger partial charge in [0.15, 0.2) is 18.1 Å². The number of aryl methyl sites for hydroxylation is 1. The number of fused-ring (bicyclic) bond motifs is 2. The van der Waals surface area contributed by atoms with Crippen molar-refractivity contribution in [3.63, 3.8) is 0 Å². The number of alkyl halides is 2. The van der Waals surface area contributed by atoms with Crippen molar-refractivity contribution >= 4 is 28.8 Å². The molecule has 30 heavy (non-hydrogen) atoms. The number of nitrogens with zero attached hydrogens (tertiary/aromatic N) is 6. The Morgan fingerprint density at radius 1 is 1.20 bits per heavy atom. The predicted octanol–water partition coefficient (Wildman–Crippen LogP) is 3.39. The molecule has 0 radical (unpaired) electrons. The Kier molecular flexibility index (Phi) is 4.80. The van der Waals surface area contributed by atoms with E-state index in [0.717, 1.165) is 36.0 Å². The average Bonchev–Trinajstić information content (AvgIpc) is 3.46. The fraction of sp³-hybridized carbons (Fsp3) is 0.429. The largest absolute Gasteiger partial charge is 0.340 e. The summed E-state index contributed by atoms with van der Waals surface area (Å²) < 4.78 is 27.3. The topological polar surface area (TPSA) is 67.2 Å². The van der Waals surface area contributed by atoms with Gasteiger partial charge >= 0.3 is 0 Å². The third-order valence-corrected chi connectivity index (χ3v) is 5.75. The minimum absolute atomic E-state index is 0.164. The van der Waals surface area contributed by atoms with Crippen molar-refractivity contribution in [3.05, 3.63) is 42.6 Å². The molecule has 1 atom stereocenters. The summed E-state index contributed by atoms with van der Waals surface area (Å²) >= 11 is 0. The lowest BCUT2D eigenvalue weighted by Crippen LogP contribution is -2.45. The van der Waals surface area contributed by atoms with Crippen LogP contribution in [0.5, 0.6) is 0 Å². The van der Waals surface area contributed by atoms with Crippen LogP contribution in [-0.2, 0) is 17.9 Å². The molecule has 1 aliphatic carbocycles. The number of halogens is 2. The average molecular weight is 412 g/mol. The zero-order chi connectivity index (χ0) is 20.7. The number of carbonyl (C=O) groups excluding carboxylic acids is 1. The maximum atomic E-state index is 12.7. The molecule has 0 spiro atoms. The van der Waals surface area contributed by atoms with E-state index in [-0.39, 0.29) is 6.42 Å². The fourth-order valence-electron chi connectivity index (χ4n) is 4.27. The van der Waals surface area contributed by atoms with Crippen molar-refractivity contribution in [3.8, 4) is 0 Å². The molecule has 4 heterocycles. The summed E-state index contributed by atoms with van der Waals surface area (Å²) in [5, 5.41) is 0. The molecule has 0 bridgehead atoms. The van der Waals surface area contributed by atoms with Gasteiger partial charge in [-0.1, -0.05) is 0 Å². The van der Waals surface area contributed by atoms with Crippen molar-refractivity contribution < 1.29 is 13.6 Å². The van der Waals surface area contributed by atoms with Crippen molar-refractivity contribution in [2.24, 2.45) is 0 Å². The normalized spacial score (nSPS) is 18.4. The van der Waals surface area contributed by atoms with E-state index in [1.807, 2.05) is 27.7 Å². The van der Waals surface area contributed by atoms with Gasteiger partial charge in [0.2, 0.25) is 6.43 Å². The monoisotopic (exact) mass is 412 g/mol. The first-order chi connectivity index (χ1) is 14.7. The Bertz CT molecular complexity index is 1070. The fourth-order valence-corrected chi connectivity index (χ4v) is 4.27. The van der Waals surface area contributed by atoms with Crippen LogP contribution >= 0.6 is 0 Å². The van der Waals surface area contributed by atoms with Crippen LogP contribution in [0.25, 0.3) is 11.2 Å². The third-order valence-electron chi connectivity index (χ3n) is 5.75. The van der Waals surface area contributed by atoms with Crippen LogP contribution in [0.2, 0.25) is 0 Å². The highest BCUT2D eigenvalue weighted by Gasteiger charge is 2.43. The van der Waals surface area contributed by atoms with E-state index in [1.165, 1.54) is 0 Å². The van der Waals surface area contributed by atoms with Crippen molar-refractivity contribution in [1.82, 2.24) is 19.5 Å². The van der Waals surface area contributed by atoms with Gasteiger partial charge in [0.25, 0.3) is 0 Å². The molecule has 0 N–H and O–H groups in total. The van der Waals surface area contributed by atoms with Gasteiger partial charge in [-0.3, -0.25) is 9.78 Å². The molecule has 1 fully saturated rings. The number of hydrogen-bond acceptors (Lipinski definition) is 6. The van der Waals surface area contributed by atoms with Gasteiger partial charge in [-0.15, -0.1) is 0 Å². The van der Waals surface area contributed by atoms with Crippen molar-refractivity contribution in [1.29, 1.82) is 0 Å². The Morgan fingerprint density at radius 3 is 2.83 bits per heavy atom. The number of aldehydes is 1. The van der Waals surface area contributed by atoms with Gasteiger partial charge in [-0.25, -0.2) is 18.7 Å². The molecule has 0 aromatic carbocycles. The SMILES string of the molecule is O=CC1N(Cc2nc3ncccc3n2CCCC(F)F)c2cnccc2N1C1CC1.